The van der Waals surface area contributed by atoms with Crippen LogP contribution in [0.1, 0.15) is 22.6 Å². The zero-order valence-corrected chi connectivity index (χ0v) is 18.8. The lowest BCUT2D eigenvalue weighted by Gasteiger charge is -2.12. The first-order valence-corrected chi connectivity index (χ1v) is 11.0. The summed E-state index contributed by atoms with van der Waals surface area (Å²) in [6.07, 6.45) is 0. The van der Waals surface area contributed by atoms with Gasteiger partial charge in [-0.2, -0.15) is 5.10 Å². The Morgan fingerprint density at radius 1 is 0.935 bits per heavy atom. The Morgan fingerprint density at radius 3 is 2.26 bits per heavy atom. The second kappa shape index (κ2) is 8.77. The van der Waals surface area contributed by atoms with E-state index in [4.69, 9.17) is 0 Å². The van der Waals surface area contributed by atoms with Crippen LogP contribution in [0.3, 0.4) is 0 Å². The topological polar surface area (TPSA) is 77.6 Å². The summed E-state index contributed by atoms with van der Waals surface area (Å²) in [5, 5.41) is 16.7. The van der Waals surface area contributed by atoms with Crippen LogP contribution >= 0.6 is 11.8 Å². The van der Waals surface area contributed by atoms with Gasteiger partial charge >= 0.3 is 0 Å². The van der Waals surface area contributed by atoms with Crippen LogP contribution in [-0.4, -0.2) is 36.2 Å². The minimum absolute atomic E-state index is 0.128. The molecule has 2 heterocycles. The number of para-hydroxylation sites is 2. The monoisotopic (exact) mass is 432 g/mol. The minimum atomic E-state index is -0.128. The van der Waals surface area contributed by atoms with Crippen LogP contribution in [0.15, 0.2) is 59.8 Å². The number of aromatic nitrogens is 5. The largest absolute Gasteiger partial charge is 0.310 e. The van der Waals surface area contributed by atoms with Crippen molar-refractivity contribution in [3.05, 3.63) is 77.2 Å². The van der Waals surface area contributed by atoms with Gasteiger partial charge in [-0.3, -0.25) is 9.36 Å². The number of aryl methyl sites for hydroxylation is 4. The van der Waals surface area contributed by atoms with Gasteiger partial charge in [0.1, 0.15) is 11.6 Å². The van der Waals surface area contributed by atoms with Gasteiger partial charge in [0.2, 0.25) is 5.91 Å². The fourth-order valence-electron chi connectivity index (χ4n) is 3.41. The van der Waals surface area contributed by atoms with Crippen molar-refractivity contribution in [1.82, 2.24) is 24.5 Å². The van der Waals surface area contributed by atoms with E-state index in [1.165, 1.54) is 11.8 Å². The van der Waals surface area contributed by atoms with Crippen LogP contribution < -0.4 is 5.32 Å². The predicted octanol–water partition coefficient (Wildman–Crippen LogP) is 4.42. The van der Waals surface area contributed by atoms with E-state index in [1.54, 1.807) is 4.68 Å². The van der Waals surface area contributed by atoms with E-state index >= 15 is 0 Å². The summed E-state index contributed by atoms with van der Waals surface area (Å²) in [7, 11) is 0. The molecule has 4 aromatic rings. The zero-order valence-electron chi connectivity index (χ0n) is 18.0. The SMILES string of the molecule is Cc1cc(NC(=O)CSc2nnc(C)n2-c2ccccc2C)n(-c2ccccc2C)n1. The highest BCUT2D eigenvalue weighted by atomic mass is 32.2. The quantitative estimate of drug-likeness (QED) is 0.457. The molecule has 2 aromatic heterocycles. The molecule has 8 heteroatoms. The van der Waals surface area contributed by atoms with E-state index in [0.717, 1.165) is 34.0 Å². The number of hydrogen-bond donors (Lipinski definition) is 1. The molecule has 0 aliphatic heterocycles. The maximum absolute atomic E-state index is 12.8. The van der Waals surface area contributed by atoms with Crippen LogP contribution in [0, 0.1) is 27.7 Å². The van der Waals surface area contributed by atoms with Gasteiger partial charge in [0.15, 0.2) is 5.16 Å². The molecule has 2 aromatic carbocycles. The molecule has 0 aliphatic carbocycles. The summed E-state index contributed by atoms with van der Waals surface area (Å²) in [5.74, 6) is 1.51. The number of anilines is 1. The first kappa shape index (κ1) is 20.9. The third-order valence-corrected chi connectivity index (χ3v) is 5.86. The number of hydrogen-bond acceptors (Lipinski definition) is 5. The number of carbonyl (C=O) groups excluding carboxylic acids is 1. The van der Waals surface area contributed by atoms with Gasteiger partial charge < -0.3 is 5.32 Å². The molecule has 0 saturated heterocycles. The Labute approximate surface area is 185 Å². The minimum Gasteiger partial charge on any atom is -0.310 e. The van der Waals surface area contributed by atoms with Crippen molar-refractivity contribution in [2.24, 2.45) is 0 Å². The second-order valence-electron chi connectivity index (χ2n) is 7.36. The molecule has 0 saturated carbocycles. The maximum atomic E-state index is 12.8. The molecule has 0 unspecified atom stereocenters. The fourth-order valence-corrected chi connectivity index (χ4v) is 4.20. The molecular weight excluding hydrogens is 408 g/mol. The van der Waals surface area contributed by atoms with E-state index in [9.17, 15) is 4.79 Å². The molecule has 31 heavy (non-hydrogen) atoms. The van der Waals surface area contributed by atoms with Crippen LogP contribution in [-0.2, 0) is 4.79 Å². The summed E-state index contributed by atoms with van der Waals surface area (Å²) in [6, 6.07) is 17.9. The van der Waals surface area contributed by atoms with Crippen molar-refractivity contribution in [1.29, 1.82) is 0 Å². The summed E-state index contributed by atoms with van der Waals surface area (Å²) in [6.45, 7) is 7.89. The Bertz CT molecular complexity index is 1240. The predicted molar refractivity (Wildman–Crippen MR) is 123 cm³/mol. The van der Waals surface area contributed by atoms with E-state index < -0.39 is 0 Å². The molecule has 0 radical (unpaired) electrons. The summed E-state index contributed by atoms with van der Waals surface area (Å²) in [5.41, 5.74) is 4.99. The van der Waals surface area contributed by atoms with E-state index in [0.29, 0.717) is 11.0 Å². The van der Waals surface area contributed by atoms with Crippen LogP contribution in [0.2, 0.25) is 0 Å². The van der Waals surface area contributed by atoms with Crippen LogP contribution in [0.5, 0.6) is 0 Å². The number of benzene rings is 2. The zero-order chi connectivity index (χ0) is 22.0. The lowest BCUT2D eigenvalue weighted by molar-refractivity contribution is -0.113. The Balaban J connectivity index is 1.51. The summed E-state index contributed by atoms with van der Waals surface area (Å²) in [4.78, 5) is 12.8. The van der Waals surface area contributed by atoms with Gasteiger partial charge in [-0.25, -0.2) is 4.68 Å². The van der Waals surface area contributed by atoms with Crippen molar-refractivity contribution in [3.63, 3.8) is 0 Å². The third-order valence-electron chi connectivity index (χ3n) is 4.93. The van der Waals surface area contributed by atoms with Gasteiger partial charge in [-0.05, 0) is 51.0 Å². The maximum Gasteiger partial charge on any atom is 0.236 e. The first-order valence-electron chi connectivity index (χ1n) is 9.97. The standard InChI is InChI=1S/C23H24N6OS/c1-15-9-5-7-11-19(15)28-18(4)25-26-23(28)31-14-22(30)24-21-13-17(3)27-29(21)20-12-8-6-10-16(20)2/h5-13H,14H2,1-4H3,(H,24,30). The highest BCUT2D eigenvalue weighted by Crippen LogP contribution is 2.25. The molecule has 1 amide bonds. The first-order chi connectivity index (χ1) is 14.9. The van der Waals surface area contributed by atoms with Crippen molar-refractivity contribution >= 4 is 23.5 Å². The molecule has 7 nitrogen and oxygen atoms in total. The normalized spacial score (nSPS) is 11.0. The number of carbonyl (C=O) groups is 1. The number of amides is 1. The lowest BCUT2D eigenvalue weighted by atomic mass is 10.2. The highest BCUT2D eigenvalue weighted by Gasteiger charge is 2.16. The molecule has 0 bridgehead atoms. The highest BCUT2D eigenvalue weighted by molar-refractivity contribution is 7.99. The molecule has 158 valence electrons. The molecular formula is C23H24N6OS. The lowest BCUT2D eigenvalue weighted by Crippen LogP contribution is -2.17. The second-order valence-corrected chi connectivity index (χ2v) is 8.30. The Hall–Kier alpha value is -3.39. The number of nitrogens with zero attached hydrogens (tertiary/aromatic N) is 5. The van der Waals surface area contributed by atoms with Crippen molar-refractivity contribution < 1.29 is 4.79 Å². The molecule has 0 spiro atoms. The molecule has 0 atom stereocenters. The van der Waals surface area contributed by atoms with Crippen molar-refractivity contribution in [2.75, 3.05) is 11.1 Å². The van der Waals surface area contributed by atoms with Crippen LogP contribution in [0.25, 0.3) is 11.4 Å². The van der Waals surface area contributed by atoms with E-state index in [-0.39, 0.29) is 11.7 Å². The van der Waals surface area contributed by atoms with Gasteiger partial charge in [-0.15, -0.1) is 10.2 Å². The molecule has 0 fully saturated rings. The number of thioether (sulfide) groups is 1. The third kappa shape index (κ3) is 4.39. The van der Waals surface area contributed by atoms with Gasteiger partial charge in [0.25, 0.3) is 0 Å². The van der Waals surface area contributed by atoms with Gasteiger partial charge in [-0.1, -0.05) is 48.2 Å². The van der Waals surface area contributed by atoms with Gasteiger partial charge in [0.05, 0.1) is 22.8 Å². The summed E-state index contributed by atoms with van der Waals surface area (Å²) < 4.78 is 3.75. The van der Waals surface area contributed by atoms with Crippen molar-refractivity contribution in [3.8, 4) is 11.4 Å². The molecule has 1 N–H and O–H groups in total. The number of nitrogens with one attached hydrogen (secondary N) is 1. The van der Waals surface area contributed by atoms with Gasteiger partial charge in [0, 0.05) is 6.07 Å². The average Bonchev–Trinajstić information content (AvgIpc) is 3.29. The fraction of sp³-hybridized carbons (Fsp3) is 0.217. The smallest absolute Gasteiger partial charge is 0.236 e. The molecule has 0 aliphatic rings. The van der Waals surface area contributed by atoms with E-state index in [1.807, 2.05) is 86.9 Å². The van der Waals surface area contributed by atoms with Crippen molar-refractivity contribution in [2.45, 2.75) is 32.9 Å². The Kier molecular flexibility index (Phi) is 5.90. The van der Waals surface area contributed by atoms with E-state index in [2.05, 4.69) is 20.6 Å². The molecule has 4 rings (SSSR count). The number of rotatable bonds is 6. The van der Waals surface area contributed by atoms with Crippen LogP contribution in [0.4, 0.5) is 5.82 Å². The summed E-state index contributed by atoms with van der Waals surface area (Å²) >= 11 is 1.36. The average molecular weight is 433 g/mol. The Morgan fingerprint density at radius 2 is 1.58 bits per heavy atom.